The zero-order valence-corrected chi connectivity index (χ0v) is 12.3. The van der Waals surface area contributed by atoms with Gasteiger partial charge < -0.3 is 14.6 Å². The molecule has 21 heavy (non-hydrogen) atoms. The fourth-order valence-corrected chi connectivity index (χ4v) is 3.46. The van der Waals surface area contributed by atoms with Crippen LogP contribution in [0.5, 0.6) is 5.75 Å². The van der Waals surface area contributed by atoms with Crippen LogP contribution in [0.2, 0.25) is 0 Å². The third-order valence-electron chi connectivity index (χ3n) is 3.23. The number of aromatic carboxylic acids is 1. The average molecular weight is 314 g/mol. The van der Waals surface area contributed by atoms with E-state index in [-0.39, 0.29) is 29.8 Å². The minimum absolute atomic E-state index is 0.0360. The van der Waals surface area contributed by atoms with Crippen LogP contribution in [0.25, 0.3) is 0 Å². The van der Waals surface area contributed by atoms with Gasteiger partial charge in [-0.05, 0) is 37.1 Å². The summed E-state index contributed by atoms with van der Waals surface area (Å²) < 4.78 is 34.4. The molecule has 1 aromatic carbocycles. The maximum absolute atomic E-state index is 11.9. The van der Waals surface area contributed by atoms with E-state index in [0.717, 1.165) is 12.8 Å². The Morgan fingerprint density at radius 3 is 2.62 bits per heavy atom. The van der Waals surface area contributed by atoms with Crippen molar-refractivity contribution < 1.29 is 27.8 Å². The van der Waals surface area contributed by atoms with Gasteiger partial charge in [0.15, 0.2) is 9.84 Å². The first-order valence-electron chi connectivity index (χ1n) is 6.74. The van der Waals surface area contributed by atoms with Gasteiger partial charge in [-0.3, -0.25) is 0 Å². The molecule has 1 aromatic rings. The Morgan fingerprint density at radius 2 is 2.05 bits per heavy atom. The predicted octanol–water partition coefficient (Wildman–Crippen LogP) is 1.36. The number of ether oxygens (including phenoxy) is 2. The molecule has 0 aliphatic carbocycles. The number of carboxylic acid groups (broad SMARTS) is 1. The maximum Gasteiger partial charge on any atom is 0.335 e. The Bertz CT molecular complexity index is 572. The van der Waals surface area contributed by atoms with Gasteiger partial charge in [0.05, 0.1) is 23.2 Å². The molecule has 0 spiro atoms. The summed E-state index contributed by atoms with van der Waals surface area (Å²) in [6.45, 7) is 0.675. The first-order valence-corrected chi connectivity index (χ1v) is 8.56. The van der Waals surface area contributed by atoms with Crippen molar-refractivity contribution in [3.63, 3.8) is 0 Å². The minimum atomic E-state index is -3.20. The van der Waals surface area contributed by atoms with Gasteiger partial charge in [-0.1, -0.05) is 0 Å². The molecule has 0 saturated carbocycles. The smallest absolute Gasteiger partial charge is 0.335 e. The lowest BCUT2D eigenvalue weighted by Crippen LogP contribution is -2.25. The molecule has 0 bridgehead atoms. The SMILES string of the molecule is O=C(O)c1ccc(OCCS(=O)(=O)CC2CCCO2)cc1. The molecule has 0 radical (unpaired) electrons. The molecule has 6 nitrogen and oxygen atoms in total. The number of sulfone groups is 1. The predicted molar refractivity (Wildman–Crippen MR) is 76.5 cm³/mol. The van der Waals surface area contributed by atoms with E-state index in [1.165, 1.54) is 24.3 Å². The number of rotatable bonds is 7. The molecule has 7 heteroatoms. The van der Waals surface area contributed by atoms with Crippen molar-refractivity contribution in [2.45, 2.75) is 18.9 Å². The Balaban J connectivity index is 1.78. The van der Waals surface area contributed by atoms with E-state index in [1.807, 2.05) is 0 Å². The normalized spacial score (nSPS) is 18.6. The van der Waals surface area contributed by atoms with Crippen molar-refractivity contribution in [3.05, 3.63) is 29.8 Å². The Labute approximate surface area is 123 Å². The maximum atomic E-state index is 11.9. The average Bonchev–Trinajstić information content (AvgIpc) is 2.91. The third-order valence-corrected chi connectivity index (χ3v) is 4.90. The second-order valence-electron chi connectivity index (χ2n) is 4.93. The molecule has 1 atom stereocenters. The van der Waals surface area contributed by atoms with Crippen molar-refractivity contribution in [2.24, 2.45) is 0 Å². The zero-order chi connectivity index (χ0) is 15.3. The molecular weight excluding hydrogens is 296 g/mol. The van der Waals surface area contributed by atoms with E-state index in [4.69, 9.17) is 14.6 Å². The number of carboxylic acids is 1. The summed E-state index contributed by atoms with van der Waals surface area (Å²) in [4.78, 5) is 10.7. The molecule has 1 N–H and O–H groups in total. The topological polar surface area (TPSA) is 89.9 Å². The van der Waals surface area contributed by atoms with Crippen LogP contribution in [0.4, 0.5) is 0 Å². The molecule has 1 fully saturated rings. The Hall–Kier alpha value is -1.60. The highest BCUT2D eigenvalue weighted by Crippen LogP contribution is 2.15. The summed E-state index contributed by atoms with van der Waals surface area (Å²) in [6.07, 6.45) is 1.51. The zero-order valence-electron chi connectivity index (χ0n) is 11.5. The Morgan fingerprint density at radius 1 is 1.33 bits per heavy atom. The molecule has 0 amide bonds. The van der Waals surface area contributed by atoms with Crippen LogP contribution in [-0.2, 0) is 14.6 Å². The standard InChI is InChI=1S/C14H18O6S/c15-14(16)11-3-5-12(6-4-11)20-8-9-21(17,18)10-13-2-1-7-19-13/h3-6,13H,1-2,7-10H2,(H,15,16). The highest BCUT2D eigenvalue weighted by molar-refractivity contribution is 7.91. The van der Waals surface area contributed by atoms with Gasteiger partial charge in [-0.25, -0.2) is 13.2 Å². The second kappa shape index (κ2) is 6.91. The highest BCUT2D eigenvalue weighted by Gasteiger charge is 2.23. The molecular formula is C14H18O6S. The summed E-state index contributed by atoms with van der Waals surface area (Å²) in [5.41, 5.74) is 0.161. The monoisotopic (exact) mass is 314 g/mol. The van der Waals surface area contributed by atoms with Crippen molar-refractivity contribution in [2.75, 3.05) is 24.7 Å². The van der Waals surface area contributed by atoms with Crippen molar-refractivity contribution >= 4 is 15.8 Å². The lowest BCUT2D eigenvalue weighted by molar-refractivity contribution is 0.0697. The second-order valence-corrected chi connectivity index (χ2v) is 7.16. The molecule has 116 valence electrons. The van der Waals surface area contributed by atoms with E-state index in [1.54, 1.807) is 0 Å². The van der Waals surface area contributed by atoms with Crippen molar-refractivity contribution in [3.8, 4) is 5.75 Å². The number of benzene rings is 1. The van der Waals surface area contributed by atoms with E-state index in [0.29, 0.717) is 12.4 Å². The van der Waals surface area contributed by atoms with Crippen LogP contribution in [0, 0.1) is 0 Å². The van der Waals surface area contributed by atoms with Crippen LogP contribution < -0.4 is 4.74 Å². The van der Waals surface area contributed by atoms with Crippen LogP contribution in [0.1, 0.15) is 23.2 Å². The van der Waals surface area contributed by atoms with Crippen molar-refractivity contribution in [1.29, 1.82) is 0 Å². The highest BCUT2D eigenvalue weighted by atomic mass is 32.2. The minimum Gasteiger partial charge on any atom is -0.493 e. The lowest BCUT2D eigenvalue weighted by atomic mass is 10.2. The number of carbonyl (C=O) groups is 1. The number of hydrogen-bond donors (Lipinski definition) is 1. The first-order chi connectivity index (χ1) is 9.96. The summed E-state index contributed by atoms with van der Waals surface area (Å²) in [5.74, 6) is -0.602. The van der Waals surface area contributed by atoms with Crippen LogP contribution >= 0.6 is 0 Å². The molecule has 1 unspecified atom stereocenters. The van der Waals surface area contributed by atoms with Gasteiger partial charge in [0.25, 0.3) is 0 Å². The van der Waals surface area contributed by atoms with Gasteiger partial charge in [0.2, 0.25) is 0 Å². The van der Waals surface area contributed by atoms with Gasteiger partial charge in [0, 0.05) is 6.61 Å². The molecule has 2 rings (SSSR count). The lowest BCUT2D eigenvalue weighted by Gasteiger charge is -2.11. The van der Waals surface area contributed by atoms with Gasteiger partial charge in [-0.2, -0.15) is 0 Å². The fourth-order valence-electron chi connectivity index (χ4n) is 2.12. The van der Waals surface area contributed by atoms with Gasteiger partial charge >= 0.3 is 5.97 Å². The van der Waals surface area contributed by atoms with Crippen LogP contribution in [0.15, 0.2) is 24.3 Å². The molecule has 1 aliphatic rings. The third kappa shape index (κ3) is 5.02. The number of hydrogen-bond acceptors (Lipinski definition) is 5. The summed E-state index contributed by atoms with van der Waals surface area (Å²) >= 11 is 0. The van der Waals surface area contributed by atoms with Crippen LogP contribution in [0.3, 0.4) is 0 Å². The van der Waals surface area contributed by atoms with E-state index in [2.05, 4.69) is 0 Å². The first kappa shape index (κ1) is 15.8. The quantitative estimate of drug-likeness (QED) is 0.817. The molecule has 0 aromatic heterocycles. The van der Waals surface area contributed by atoms with Gasteiger partial charge in [-0.15, -0.1) is 0 Å². The van der Waals surface area contributed by atoms with E-state index < -0.39 is 15.8 Å². The fraction of sp³-hybridized carbons (Fsp3) is 0.500. The summed E-state index contributed by atoms with van der Waals surface area (Å²) in [6, 6.07) is 5.85. The van der Waals surface area contributed by atoms with E-state index >= 15 is 0 Å². The summed E-state index contributed by atoms with van der Waals surface area (Å²) in [7, 11) is -3.20. The molecule has 1 saturated heterocycles. The molecule has 1 aliphatic heterocycles. The Kier molecular flexibility index (Phi) is 5.19. The summed E-state index contributed by atoms with van der Waals surface area (Å²) in [5, 5.41) is 8.76. The largest absolute Gasteiger partial charge is 0.493 e. The van der Waals surface area contributed by atoms with Gasteiger partial charge in [0.1, 0.15) is 12.4 Å². The van der Waals surface area contributed by atoms with Crippen molar-refractivity contribution in [1.82, 2.24) is 0 Å². The molecule has 1 heterocycles. The van der Waals surface area contributed by atoms with Crippen LogP contribution in [-0.4, -0.2) is 50.3 Å². The van der Waals surface area contributed by atoms with E-state index in [9.17, 15) is 13.2 Å².